The molecule has 0 aromatic heterocycles. The molecule has 0 spiro atoms. The van der Waals surface area contributed by atoms with Gasteiger partial charge in [-0.3, -0.25) is 0 Å². The minimum atomic E-state index is -2.15. The van der Waals surface area contributed by atoms with Crippen LogP contribution in [0.1, 0.15) is 0 Å². The first-order valence-corrected chi connectivity index (χ1v) is 7.74. The highest BCUT2D eigenvalue weighted by Gasteiger charge is 2.19. The van der Waals surface area contributed by atoms with Crippen LogP contribution in [-0.4, -0.2) is 13.1 Å². The van der Waals surface area contributed by atoms with Gasteiger partial charge in [0.15, 0.2) is 0 Å². The van der Waals surface area contributed by atoms with E-state index < -0.39 is 8.32 Å². The van der Waals surface area contributed by atoms with Crippen LogP contribution in [0.3, 0.4) is 0 Å². The van der Waals surface area contributed by atoms with Gasteiger partial charge in [-0.2, -0.15) is 0 Å². The number of hydrogen-bond donors (Lipinski definition) is 1. The van der Waals surface area contributed by atoms with Gasteiger partial charge in [0, 0.05) is 0 Å². The van der Waals surface area contributed by atoms with E-state index in [9.17, 15) is 4.80 Å². The van der Waals surface area contributed by atoms with Crippen LogP contribution >= 0.6 is 0 Å². The molecule has 0 aliphatic carbocycles. The van der Waals surface area contributed by atoms with Crippen molar-refractivity contribution < 1.29 is 4.80 Å². The first-order valence-electron chi connectivity index (χ1n) is 4.79. The van der Waals surface area contributed by atoms with Crippen molar-refractivity contribution in [3.8, 4) is 0 Å². The van der Waals surface area contributed by atoms with E-state index in [0.717, 1.165) is 5.19 Å². The van der Waals surface area contributed by atoms with E-state index >= 15 is 0 Å². The van der Waals surface area contributed by atoms with Crippen LogP contribution in [-0.2, 0) is 0 Å². The molecule has 0 amide bonds. The molecule has 2 heteroatoms. The summed E-state index contributed by atoms with van der Waals surface area (Å²) in [6.07, 6.45) is 0. The zero-order valence-electron chi connectivity index (χ0n) is 8.49. The molecule has 0 heterocycles. The zero-order chi connectivity index (χ0) is 10.2. The molecule has 0 fully saturated rings. The summed E-state index contributed by atoms with van der Waals surface area (Å²) in [4.78, 5) is 9.99. The second-order valence-electron chi connectivity index (χ2n) is 4.12. The molecule has 1 nitrogen and oxygen atoms in total. The number of fused-ring (bicyclic) bond motifs is 1. The SMILES string of the molecule is C[Si](C)(O)c1ccc2ccccc2c1. The van der Waals surface area contributed by atoms with Crippen molar-refractivity contribution >= 4 is 24.3 Å². The van der Waals surface area contributed by atoms with E-state index in [2.05, 4.69) is 24.3 Å². The summed E-state index contributed by atoms with van der Waals surface area (Å²) in [6, 6.07) is 14.4. The first kappa shape index (κ1) is 9.43. The molecule has 0 saturated carbocycles. The third kappa shape index (κ3) is 1.71. The molecule has 0 saturated heterocycles. The molecule has 0 radical (unpaired) electrons. The van der Waals surface area contributed by atoms with Crippen LogP contribution in [0.2, 0.25) is 13.1 Å². The lowest BCUT2D eigenvalue weighted by Crippen LogP contribution is -2.41. The van der Waals surface area contributed by atoms with E-state index in [-0.39, 0.29) is 0 Å². The van der Waals surface area contributed by atoms with Crippen LogP contribution < -0.4 is 5.19 Å². The fourth-order valence-electron chi connectivity index (χ4n) is 1.57. The van der Waals surface area contributed by atoms with E-state index in [1.54, 1.807) is 0 Å². The molecular formula is C12H14OSi. The fraction of sp³-hybridized carbons (Fsp3) is 0.167. The molecular weight excluding hydrogens is 188 g/mol. The van der Waals surface area contributed by atoms with E-state index in [1.165, 1.54) is 10.8 Å². The van der Waals surface area contributed by atoms with Gasteiger partial charge in [-0.25, -0.2) is 0 Å². The molecule has 0 aliphatic heterocycles. The third-order valence-electron chi connectivity index (χ3n) is 2.46. The van der Waals surface area contributed by atoms with Gasteiger partial charge in [0.25, 0.3) is 0 Å². The van der Waals surface area contributed by atoms with Crippen molar-refractivity contribution in [2.24, 2.45) is 0 Å². The Hall–Kier alpha value is -1.12. The summed E-state index contributed by atoms with van der Waals surface area (Å²) in [5.41, 5.74) is 0. The Balaban J connectivity index is 2.63. The van der Waals surface area contributed by atoms with E-state index in [4.69, 9.17) is 0 Å². The molecule has 0 unspecified atom stereocenters. The van der Waals surface area contributed by atoms with Gasteiger partial charge in [0.05, 0.1) is 0 Å². The van der Waals surface area contributed by atoms with Crippen LogP contribution in [0.25, 0.3) is 10.8 Å². The Kier molecular flexibility index (Phi) is 2.17. The van der Waals surface area contributed by atoms with Crippen LogP contribution in [0, 0.1) is 0 Å². The topological polar surface area (TPSA) is 20.2 Å². The summed E-state index contributed by atoms with van der Waals surface area (Å²) in [6.45, 7) is 3.88. The lowest BCUT2D eigenvalue weighted by molar-refractivity contribution is 0.568. The Bertz CT molecular complexity index is 457. The Labute approximate surface area is 85.1 Å². The Morgan fingerprint density at radius 3 is 2.21 bits per heavy atom. The van der Waals surface area contributed by atoms with Crippen molar-refractivity contribution in [3.05, 3.63) is 42.5 Å². The zero-order valence-corrected chi connectivity index (χ0v) is 9.49. The summed E-state index contributed by atoms with van der Waals surface area (Å²) in [7, 11) is -2.15. The second-order valence-corrected chi connectivity index (χ2v) is 7.82. The maximum absolute atomic E-state index is 9.99. The predicted molar refractivity (Wildman–Crippen MR) is 63.3 cm³/mol. The molecule has 2 aromatic rings. The second kappa shape index (κ2) is 3.22. The molecule has 2 aromatic carbocycles. The minimum Gasteiger partial charge on any atom is -0.428 e. The molecule has 0 atom stereocenters. The summed E-state index contributed by atoms with van der Waals surface area (Å²) in [5.74, 6) is 0. The monoisotopic (exact) mass is 202 g/mol. The normalized spacial score (nSPS) is 11.9. The van der Waals surface area contributed by atoms with E-state index in [0.29, 0.717) is 0 Å². The largest absolute Gasteiger partial charge is 0.428 e. The molecule has 14 heavy (non-hydrogen) atoms. The predicted octanol–water partition coefficient (Wildman–Crippen LogP) is 2.24. The van der Waals surface area contributed by atoms with Gasteiger partial charge >= 0.3 is 0 Å². The average Bonchev–Trinajstić information content (AvgIpc) is 2.16. The highest BCUT2D eigenvalue weighted by molar-refractivity contribution is 6.83. The van der Waals surface area contributed by atoms with Gasteiger partial charge in [-0.05, 0) is 29.1 Å². The maximum Gasteiger partial charge on any atom is 0.213 e. The van der Waals surface area contributed by atoms with Crippen molar-refractivity contribution in [2.45, 2.75) is 13.1 Å². The van der Waals surface area contributed by atoms with Gasteiger partial charge in [-0.15, -0.1) is 0 Å². The summed E-state index contributed by atoms with van der Waals surface area (Å²) < 4.78 is 0. The number of rotatable bonds is 1. The lowest BCUT2D eigenvalue weighted by Gasteiger charge is -2.14. The maximum atomic E-state index is 9.99. The quantitative estimate of drug-likeness (QED) is 0.703. The van der Waals surface area contributed by atoms with Gasteiger partial charge < -0.3 is 4.80 Å². The van der Waals surface area contributed by atoms with Crippen LogP contribution in [0.5, 0.6) is 0 Å². The molecule has 72 valence electrons. The van der Waals surface area contributed by atoms with Crippen molar-refractivity contribution in [1.82, 2.24) is 0 Å². The molecule has 1 N–H and O–H groups in total. The van der Waals surface area contributed by atoms with Crippen molar-refractivity contribution in [2.75, 3.05) is 0 Å². The van der Waals surface area contributed by atoms with Crippen molar-refractivity contribution in [1.29, 1.82) is 0 Å². The molecule has 0 bridgehead atoms. The molecule has 2 rings (SSSR count). The number of benzene rings is 2. The van der Waals surface area contributed by atoms with E-state index in [1.807, 2.05) is 31.3 Å². The molecule has 0 aliphatic rings. The lowest BCUT2D eigenvalue weighted by atomic mass is 10.1. The highest BCUT2D eigenvalue weighted by Crippen LogP contribution is 2.12. The van der Waals surface area contributed by atoms with Crippen LogP contribution in [0.15, 0.2) is 42.5 Å². The first-order chi connectivity index (χ1) is 6.57. The van der Waals surface area contributed by atoms with Gasteiger partial charge in [-0.1, -0.05) is 42.5 Å². The smallest absolute Gasteiger partial charge is 0.213 e. The average molecular weight is 202 g/mol. The highest BCUT2D eigenvalue weighted by atomic mass is 28.4. The third-order valence-corrected chi connectivity index (χ3v) is 4.18. The number of hydrogen-bond acceptors (Lipinski definition) is 1. The fourth-order valence-corrected chi connectivity index (χ4v) is 2.57. The van der Waals surface area contributed by atoms with Gasteiger partial charge in [0.2, 0.25) is 8.32 Å². The Morgan fingerprint density at radius 2 is 1.57 bits per heavy atom. The summed E-state index contributed by atoms with van der Waals surface area (Å²) >= 11 is 0. The minimum absolute atomic E-state index is 1.09. The summed E-state index contributed by atoms with van der Waals surface area (Å²) in [5, 5.41) is 3.53. The standard InChI is InChI=1S/C12H14OSi/c1-14(2,13)12-8-7-10-5-3-4-6-11(10)9-12/h3-9,13H,1-2H3. The van der Waals surface area contributed by atoms with Crippen molar-refractivity contribution in [3.63, 3.8) is 0 Å². The van der Waals surface area contributed by atoms with Crippen LogP contribution in [0.4, 0.5) is 0 Å². The van der Waals surface area contributed by atoms with Gasteiger partial charge in [0.1, 0.15) is 0 Å². The Morgan fingerprint density at radius 1 is 0.929 bits per heavy atom.